The average Bonchev–Trinajstić information content (AvgIpc) is 2.45. The summed E-state index contributed by atoms with van der Waals surface area (Å²) in [6.07, 6.45) is 0. The lowest BCUT2D eigenvalue weighted by molar-refractivity contribution is 0.00705. The molecule has 2 aromatic rings. The molecule has 0 bridgehead atoms. The molecule has 0 aliphatic carbocycles. The molecule has 0 aliphatic rings. The number of carbonyl (C=O) groups excluding carboxylic acids is 1. The van der Waals surface area contributed by atoms with Crippen molar-refractivity contribution >= 4 is 18.4 Å². The number of hydrogen-bond donors (Lipinski definition) is 1. The van der Waals surface area contributed by atoms with Crippen LogP contribution in [-0.2, 0) is 11.3 Å². The molecule has 0 unspecified atom stereocenters. The zero-order valence-electron chi connectivity index (χ0n) is 13.1. The van der Waals surface area contributed by atoms with Crippen LogP contribution in [0.1, 0.15) is 36.7 Å². The van der Waals surface area contributed by atoms with Gasteiger partial charge in [0.05, 0.1) is 5.56 Å². The summed E-state index contributed by atoms with van der Waals surface area (Å²) in [5.41, 5.74) is 8.60. The van der Waals surface area contributed by atoms with Crippen LogP contribution in [0.4, 0.5) is 0 Å². The van der Waals surface area contributed by atoms with Gasteiger partial charge in [0.2, 0.25) is 0 Å². The van der Waals surface area contributed by atoms with Gasteiger partial charge in [0, 0.05) is 6.54 Å². The van der Waals surface area contributed by atoms with Crippen molar-refractivity contribution in [3.05, 3.63) is 59.7 Å². The highest BCUT2D eigenvalue weighted by atomic mass is 35.5. The molecule has 0 amide bonds. The number of hydrogen-bond acceptors (Lipinski definition) is 3. The standard InChI is InChI=1S/C18H21NO2.ClH/c1-18(2,3)21-17(20)16-7-5-4-6-15(16)14-10-8-13(12-19)9-11-14;/h4-11H,12,19H2,1-3H3;1H. The molecule has 118 valence electrons. The second-order valence-corrected chi connectivity index (χ2v) is 5.95. The largest absolute Gasteiger partial charge is 0.456 e. The van der Waals surface area contributed by atoms with Crippen LogP contribution in [0.3, 0.4) is 0 Å². The summed E-state index contributed by atoms with van der Waals surface area (Å²) in [4.78, 5) is 12.3. The van der Waals surface area contributed by atoms with E-state index in [1.54, 1.807) is 6.07 Å². The Hall–Kier alpha value is -1.84. The van der Waals surface area contributed by atoms with Crippen molar-refractivity contribution in [1.82, 2.24) is 0 Å². The number of ether oxygens (including phenoxy) is 1. The van der Waals surface area contributed by atoms with Crippen molar-refractivity contribution in [3.63, 3.8) is 0 Å². The minimum atomic E-state index is -0.506. The van der Waals surface area contributed by atoms with E-state index in [1.807, 2.05) is 63.2 Å². The third kappa shape index (κ3) is 4.58. The Labute approximate surface area is 137 Å². The predicted octanol–water partition coefficient (Wildman–Crippen LogP) is 4.19. The van der Waals surface area contributed by atoms with E-state index in [2.05, 4.69) is 0 Å². The van der Waals surface area contributed by atoms with E-state index in [-0.39, 0.29) is 18.4 Å². The lowest BCUT2D eigenvalue weighted by Gasteiger charge is -2.20. The summed E-state index contributed by atoms with van der Waals surface area (Å²) in [5.74, 6) is -0.305. The first-order valence-corrected chi connectivity index (χ1v) is 7.02. The molecule has 22 heavy (non-hydrogen) atoms. The van der Waals surface area contributed by atoms with Gasteiger partial charge in [-0.2, -0.15) is 0 Å². The molecule has 2 rings (SSSR count). The number of esters is 1. The van der Waals surface area contributed by atoms with Crippen molar-refractivity contribution in [2.24, 2.45) is 5.73 Å². The quantitative estimate of drug-likeness (QED) is 0.863. The van der Waals surface area contributed by atoms with E-state index in [0.717, 1.165) is 16.7 Å². The first-order valence-electron chi connectivity index (χ1n) is 7.02. The molecule has 0 atom stereocenters. The second-order valence-electron chi connectivity index (χ2n) is 5.95. The fraction of sp³-hybridized carbons (Fsp3) is 0.278. The molecule has 0 fully saturated rings. The molecule has 0 aromatic heterocycles. The maximum atomic E-state index is 12.3. The van der Waals surface area contributed by atoms with Crippen LogP contribution in [0, 0.1) is 0 Å². The normalized spacial score (nSPS) is 10.7. The van der Waals surface area contributed by atoms with E-state index in [4.69, 9.17) is 10.5 Å². The number of carbonyl (C=O) groups is 1. The van der Waals surface area contributed by atoms with Gasteiger partial charge in [-0.05, 0) is 43.5 Å². The van der Waals surface area contributed by atoms with Crippen LogP contribution in [0.5, 0.6) is 0 Å². The van der Waals surface area contributed by atoms with Crippen LogP contribution in [0.25, 0.3) is 11.1 Å². The van der Waals surface area contributed by atoms with Crippen molar-refractivity contribution < 1.29 is 9.53 Å². The monoisotopic (exact) mass is 319 g/mol. The Balaban J connectivity index is 0.00000242. The Kier molecular flexibility index (Phi) is 6.15. The molecule has 2 aromatic carbocycles. The van der Waals surface area contributed by atoms with Crippen LogP contribution in [0.15, 0.2) is 48.5 Å². The zero-order chi connectivity index (χ0) is 15.5. The third-order valence-corrected chi connectivity index (χ3v) is 3.05. The van der Waals surface area contributed by atoms with Crippen molar-refractivity contribution in [2.45, 2.75) is 32.9 Å². The Morgan fingerprint density at radius 1 is 1.05 bits per heavy atom. The van der Waals surface area contributed by atoms with Crippen LogP contribution >= 0.6 is 12.4 Å². The molecular formula is C18H22ClNO2. The molecular weight excluding hydrogens is 298 g/mol. The van der Waals surface area contributed by atoms with Gasteiger partial charge in [0.15, 0.2) is 0 Å². The summed E-state index contributed by atoms with van der Waals surface area (Å²) < 4.78 is 5.47. The van der Waals surface area contributed by atoms with E-state index < -0.39 is 5.60 Å². The Morgan fingerprint density at radius 2 is 1.64 bits per heavy atom. The topological polar surface area (TPSA) is 52.3 Å². The van der Waals surface area contributed by atoms with E-state index in [9.17, 15) is 4.79 Å². The number of nitrogens with two attached hydrogens (primary N) is 1. The molecule has 0 aliphatic heterocycles. The Morgan fingerprint density at radius 3 is 2.18 bits per heavy atom. The third-order valence-electron chi connectivity index (χ3n) is 3.05. The Bertz CT molecular complexity index is 630. The van der Waals surface area contributed by atoms with Gasteiger partial charge in [0.1, 0.15) is 5.60 Å². The summed E-state index contributed by atoms with van der Waals surface area (Å²) in [6, 6.07) is 15.4. The first kappa shape index (κ1) is 18.2. The van der Waals surface area contributed by atoms with Gasteiger partial charge in [-0.3, -0.25) is 0 Å². The summed E-state index contributed by atoms with van der Waals surface area (Å²) >= 11 is 0. The average molecular weight is 320 g/mol. The molecule has 0 radical (unpaired) electrons. The molecule has 3 nitrogen and oxygen atoms in total. The summed E-state index contributed by atoms with van der Waals surface area (Å²) in [7, 11) is 0. The fourth-order valence-corrected chi connectivity index (χ4v) is 2.07. The van der Waals surface area contributed by atoms with Gasteiger partial charge in [-0.25, -0.2) is 4.79 Å². The highest BCUT2D eigenvalue weighted by Gasteiger charge is 2.20. The molecule has 0 heterocycles. The smallest absolute Gasteiger partial charge is 0.339 e. The van der Waals surface area contributed by atoms with Crippen molar-refractivity contribution in [1.29, 1.82) is 0 Å². The zero-order valence-corrected chi connectivity index (χ0v) is 13.9. The predicted molar refractivity (Wildman–Crippen MR) is 92.2 cm³/mol. The van der Waals surface area contributed by atoms with Crippen molar-refractivity contribution in [3.8, 4) is 11.1 Å². The van der Waals surface area contributed by atoms with Gasteiger partial charge in [-0.1, -0.05) is 42.5 Å². The van der Waals surface area contributed by atoms with E-state index in [0.29, 0.717) is 12.1 Å². The first-order chi connectivity index (χ1) is 9.90. The maximum Gasteiger partial charge on any atom is 0.339 e. The van der Waals surface area contributed by atoms with E-state index in [1.165, 1.54) is 0 Å². The summed E-state index contributed by atoms with van der Waals surface area (Å²) in [6.45, 7) is 6.10. The fourth-order valence-electron chi connectivity index (χ4n) is 2.07. The second kappa shape index (κ2) is 7.43. The highest BCUT2D eigenvalue weighted by Crippen LogP contribution is 2.26. The maximum absolute atomic E-state index is 12.3. The van der Waals surface area contributed by atoms with Gasteiger partial charge in [-0.15, -0.1) is 12.4 Å². The van der Waals surface area contributed by atoms with Gasteiger partial charge < -0.3 is 10.5 Å². The van der Waals surface area contributed by atoms with E-state index >= 15 is 0 Å². The molecule has 2 N–H and O–H groups in total. The van der Waals surface area contributed by atoms with Crippen LogP contribution < -0.4 is 5.73 Å². The molecule has 0 saturated carbocycles. The lowest BCUT2D eigenvalue weighted by Crippen LogP contribution is -2.24. The van der Waals surface area contributed by atoms with Gasteiger partial charge >= 0.3 is 5.97 Å². The lowest BCUT2D eigenvalue weighted by atomic mass is 9.98. The molecule has 0 saturated heterocycles. The summed E-state index contributed by atoms with van der Waals surface area (Å²) in [5, 5.41) is 0. The minimum absolute atomic E-state index is 0. The van der Waals surface area contributed by atoms with Crippen LogP contribution in [-0.4, -0.2) is 11.6 Å². The van der Waals surface area contributed by atoms with Gasteiger partial charge in [0.25, 0.3) is 0 Å². The number of rotatable bonds is 3. The minimum Gasteiger partial charge on any atom is -0.456 e. The number of benzene rings is 2. The number of halogens is 1. The molecule has 4 heteroatoms. The molecule has 0 spiro atoms. The SMILES string of the molecule is CC(C)(C)OC(=O)c1ccccc1-c1ccc(CN)cc1.Cl. The highest BCUT2D eigenvalue weighted by molar-refractivity contribution is 5.97. The van der Waals surface area contributed by atoms with Crippen molar-refractivity contribution in [2.75, 3.05) is 0 Å². The van der Waals surface area contributed by atoms with Crippen LogP contribution in [0.2, 0.25) is 0 Å².